The number of morpholine rings is 1. The van der Waals surface area contributed by atoms with Gasteiger partial charge in [-0.2, -0.15) is 0 Å². The van der Waals surface area contributed by atoms with Crippen molar-refractivity contribution in [1.82, 2.24) is 20.3 Å². The smallest absolute Gasteiger partial charge is 0.155 e. The summed E-state index contributed by atoms with van der Waals surface area (Å²) in [6.07, 6.45) is 6.82. The molecule has 0 radical (unpaired) electrons. The van der Waals surface area contributed by atoms with Gasteiger partial charge in [-0.05, 0) is 49.2 Å². The van der Waals surface area contributed by atoms with Crippen molar-refractivity contribution in [2.75, 3.05) is 56.2 Å². The van der Waals surface area contributed by atoms with Crippen LogP contribution in [0.2, 0.25) is 0 Å². The molecule has 2 aliphatic heterocycles. The van der Waals surface area contributed by atoms with E-state index in [1.807, 2.05) is 6.07 Å². The number of nitrogens with one attached hydrogen (secondary N) is 2. The number of fused-ring (bicyclic) bond motifs is 1. The van der Waals surface area contributed by atoms with Gasteiger partial charge >= 0.3 is 0 Å². The Morgan fingerprint density at radius 1 is 1.13 bits per heavy atom. The van der Waals surface area contributed by atoms with Gasteiger partial charge in [-0.15, -0.1) is 0 Å². The molecule has 0 saturated carbocycles. The third kappa shape index (κ3) is 4.38. The van der Waals surface area contributed by atoms with Crippen molar-refractivity contribution in [2.45, 2.75) is 13.3 Å². The van der Waals surface area contributed by atoms with Crippen molar-refractivity contribution in [1.29, 1.82) is 0 Å². The van der Waals surface area contributed by atoms with E-state index < -0.39 is 0 Å². The van der Waals surface area contributed by atoms with Gasteiger partial charge in [-0.25, -0.2) is 9.97 Å². The third-order valence-electron chi connectivity index (χ3n) is 5.89. The largest absolute Gasteiger partial charge is 0.378 e. The lowest BCUT2D eigenvalue weighted by Gasteiger charge is -2.30. The third-order valence-corrected chi connectivity index (χ3v) is 5.89. The van der Waals surface area contributed by atoms with E-state index in [1.165, 1.54) is 16.8 Å². The van der Waals surface area contributed by atoms with Gasteiger partial charge < -0.3 is 20.3 Å². The van der Waals surface area contributed by atoms with Crippen LogP contribution >= 0.6 is 0 Å². The Morgan fingerprint density at radius 2 is 2.00 bits per heavy atom. The maximum absolute atomic E-state index is 5.50. The zero-order valence-corrected chi connectivity index (χ0v) is 17.9. The van der Waals surface area contributed by atoms with Crippen LogP contribution in [0.1, 0.15) is 12.0 Å². The molecule has 160 valence electrons. The Balaban J connectivity index is 1.46. The quantitative estimate of drug-likeness (QED) is 0.619. The summed E-state index contributed by atoms with van der Waals surface area (Å²) >= 11 is 0. The van der Waals surface area contributed by atoms with Gasteiger partial charge in [0.1, 0.15) is 5.52 Å². The zero-order valence-electron chi connectivity index (χ0n) is 17.9. The van der Waals surface area contributed by atoms with Gasteiger partial charge in [-0.1, -0.05) is 12.1 Å². The molecule has 1 aromatic carbocycles. The van der Waals surface area contributed by atoms with Crippen molar-refractivity contribution < 1.29 is 4.74 Å². The Hall–Kier alpha value is -3.03. The molecule has 1 saturated heterocycles. The van der Waals surface area contributed by atoms with Crippen molar-refractivity contribution in [3.63, 3.8) is 0 Å². The summed E-state index contributed by atoms with van der Waals surface area (Å²) in [4.78, 5) is 16.4. The highest BCUT2D eigenvalue weighted by molar-refractivity contribution is 5.88. The fourth-order valence-electron chi connectivity index (χ4n) is 4.25. The monoisotopic (exact) mass is 416 g/mol. The van der Waals surface area contributed by atoms with Crippen LogP contribution in [0.15, 0.2) is 48.3 Å². The highest BCUT2D eigenvalue weighted by Crippen LogP contribution is 2.30. The van der Waals surface area contributed by atoms with Crippen LogP contribution in [-0.4, -0.2) is 60.9 Å². The molecule has 0 atom stereocenters. The summed E-state index contributed by atoms with van der Waals surface area (Å²) in [5.74, 6) is 0.780. The SMILES string of the molecule is Cc1cc(-c2cc3nccnc3c(NCC3=CCCNC3)n2)ccc1N1CCOCC1. The lowest BCUT2D eigenvalue weighted by molar-refractivity contribution is 0.122. The summed E-state index contributed by atoms with van der Waals surface area (Å²) in [6.45, 7) is 8.32. The molecule has 31 heavy (non-hydrogen) atoms. The number of rotatable bonds is 5. The molecule has 7 heteroatoms. The molecule has 1 fully saturated rings. The van der Waals surface area contributed by atoms with Crippen molar-refractivity contribution in [3.8, 4) is 11.3 Å². The number of benzene rings is 1. The molecule has 3 aromatic rings. The number of nitrogens with zero attached hydrogens (tertiary/aromatic N) is 4. The maximum Gasteiger partial charge on any atom is 0.155 e. The van der Waals surface area contributed by atoms with Gasteiger partial charge in [0.15, 0.2) is 5.82 Å². The average molecular weight is 417 g/mol. The maximum atomic E-state index is 5.50. The highest BCUT2D eigenvalue weighted by atomic mass is 16.5. The first-order valence-electron chi connectivity index (χ1n) is 11.0. The normalized spacial score (nSPS) is 16.9. The summed E-state index contributed by atoms with van der Waals surface area (Å²) in [5.41, 5.74) is 7.50. The van der Waals surface area contributed by atoms with Crippen molar-refractivity contribution in [2.24, 2.45) is 0 Å². The fourth-order valence-corrected chi connectivity index (χ4v) is 4.25. The van der Waals surface area contributed by atoms with Gasteiger partial charge in [0, 0.05) is 49.8 Å². The number of aryl methyl sites for hydroxylation is 1. The molecule has 2 N–H and O–H groups in total. The molecular formula is C24H28N6O. The zero-order chi connectivity index (χ0) is 21.0. The van der Waals surface area contributed by atoms with E-state index in [4.69, 9.17) is 9.72 Å². The molecule has 0 bridgehead atoms. The number of aromatic nitrogens is 3. The molecule has 4 heterocycles. The summed E-state index contributed by atoms with van der Waals surface area (Å²) < 4.78 is 5.50. The van der Waals surface area contributed by atoms with Crippen LogP contribution < -0.4 is 15.5 Å². The van der Waals surface area contributed by atoms with Crippen LogP contribution in [0.25, 0.3) is 22.3 Å². The summed E-state index contributed by atoms with van der Waals surface area (Å²) in [6, 6.07) is 8.59. The van der Waals surface area contributed by atoms with E-state index in [2.05, 4.69) is 56.7 Å². The number of pyridine rings is 1. The van der Waals surface area contributed by atoms with Crippen LogP contribution in [0, 0.1) is 6.92 Å². The van der Waals surface area contributed by atoms with E-state index >= 15 is 0 Å². The summed E-state index contributed by atoms with van der Waals surface area (Å²) in [5, 5.41) is 6.92. The topological polar surface area (TPSA) is 75.2 Å². The van der Waals surface area contributed by atoms with Crippen LogP contribution in [0.4, 0.5) is 11.5 Å². The summed E-state index contributed by atoms with van der Waals surface area (Å²) in [7, 11) is 0. The number of hydrogen-bond donors (Lipinski definition) is 2. The van der Waals surface area contributed by atoms with E-state index in [0.29, 0.717) is 0 Å². The second-order valence-electron chi connectivity index (χ2n) is 8.06. The lowest BCUT2D eigenvalue weighted by atomic mass is 10.0. The Morgan fingerprint density at radius 3 is 2.81 bits per heavy atom. The lowest BCUT2D eigenvalue weighted by Crippen LogP contribution is -2.36. The van der Waals surface area contributed by atoms with Gasteiger partial charge in [0.2, 0.25) is 0 Å². The first-order chi connectivity index (χ1) is 15.3. The van der Waals surface area contributed by atoms with Crippen LogP contribution in [0.5, 0.6) is 0 Å². The van der Waals surface area contributed by atoms with Crippen molar-refractivity contribution >= 4 is 22.5 Å². The number of hydrogen-bond acceptors (Lipinski definition) is 7. The van der Waals surface area contributed by atoms with E-state index in [1.54, 1.807) is 12.4 Å². The van der Waals surface area contributed by atoms with E-state index in [0.717, 1.165) is 80.5 Å². The second kappa shape index (κ2) is 8.99. The van der Waals surface area contributed by atoms with Crippen LogP contribution in [-0.2, 0) is 4.74 Å². The second-order valence-corrected chi connectivity index (χ2v) is 8.06. The predicted molar refractivity (Wildman–Crippen MR) is 125 cm³/mol. The minimum atomic E-state index is 0.754. The highest BCUT2D eigenvalue weighted by Gasteiger charge is 2.15. The number of ether oxygens (including phenoxy) is 1. The minimum Gasteiger partial charge on any atom is -0.378 e. The molecule has 7 nitrogen and oxygen atoms in total. The Kier molecular flexibility index (Phi) is 5.78. The molecule has 2 aromatic heterocycles. The number of anilines is 2. The Bertz CT molecular complexity index is 1110. The van der Waals surface area contributed by atoms with Gasteiger partial charge in [-0.3, -0.25) is 4.98 Å². The van der Waals surface area contributed by atoms with E-state index in [9.17, 15) is 0 Å². The minimum absolute atomic E-state index is 0.754. The molecule has 0 unspecified atom stereocenters. The Labute approximate surface area is 182 Å². The molecule has 0 spiro atoms. The van der Waals surface area contributed by atoms with Crippen molar-refractivity contribution in [3.05, 3.63) is 53.9 Å². The fraction of sp³-hybridized carbons (Fsp3) is 0.375. The molecule has 0 aliphatic carbocycles. The predicted octanol–water partition coefficient (Wildman–Crippen LogP) is 3.17. The van der Waals surface area contributed by atoms with Crippen LogP contribution in [0.3, 0.4) is 0 Å². The van der Waals surface area contributed by atoms with Gasteiger partial charge in [0.25, 0.3) is 0 Å². The molecular weight excluding hydrogens is 388 g/mol. The first-order valence-corrected chi connectivity index (χ1v) is 11.0. The molecule has 0 amide bonds. The standard InChI is InChI=1S/C24H28N6O/c1-17-13-19(4-5-22(17)30-9-11-31-12-10-30)20-14-21-23(27-8-7-26-21)24(29-20)28-16-18-3-2-6-25-15-18/h3-5,7-8,13-14,25H,2,6,9-12,15-16H2,1H3,(H,28,29). The average Bonchev–Trinajstić information content (AvgIpc) is 2.83. The molecule has 2 aliphatic rings. The van der Waals surface area contributed by atoms with E-state index in [-0.39, 0.29) is 0 Å². The van der Waals surface area contributed by atoms with Gasteiger partial charge in [0.05, 0.1) is 24.4 Å². The molecule has 5 rings (SSSR count). The first kappa shape index (κ1) is 19.9.